The summed E-state index contributed by atoms with van der Waals surface area (Å²) >= 11 is 8.63. The van der Waals surface area contributed by atoms with Gasteiger partial charge in [0.15, 0.2) is 23.6 Å². The number of rotatable bonds is 10. The number of nitrogen functional groups attached to an aromatic ring is 2. The van der Waals surface area contributed by atoms with Gasteiger partial charge in [-0.1, -0.05) is 5.21 Å². The fourth-order valence-corrected chi connectivity index (χ4v) is 7.31. The molecule has 0 amide bonds. The molecular weight excluding hydrogens is 705 g/mol. The Hall–Kier alpha value is -2.82. The zero-order valence-electron chi connectivity index (χ0n) is 22.7. The van der Waals surface area contributed by atoms with Crippen LogP contribution in [0.15, 0.2) is 29.3 Å². The van der Waals surface area contributed by atoms with Crippen molar-refractivity contribution in [3.05, 3.63) is 34.9 Å². The van der Waals surface area contributed by atoms with E-state index in [1.165, 1.54) is 24.5 Å². The van der Waals surface area contributed by atoms with E-state index in [0.29, 0.717) is 5.39 Å². The summed E-state index contributed by atoms with van der Waals surface area (Å²) in [5.41, 5.74) is 10.5. The standard InChI is InChI=1S/C21H22F3N9O9P2S2/c22-11-9(5-34)39-18(33-16-12(30-31-33)17(35)29-20(26)28-16)13(11)42-44(37,46)38-6-10-14(41-43(36)45)21(23,24)19(40-10)32-4-2-7-8(25)1-3-27-15(7)32/h1-4,9-11,13-14,18-19,34H,5-6H2,(H6-,25,26,27,28,29,31,35,36,37,45,46)/p+1/t9-,10-,11+,13-,14-,18-,19-,44?/m1/s1. The van der Waals surface area contributed by atoms with Crippen LogP contribution in [-0.4, -0.2) is 94.2 Å². The van der Waals surface area contributed by atoms with E-state index in [4.69, 9.17) is 46.3 Å². The Morgan fingerprint density at radius 2 is 2.02 bits per heavy atom. The van der Waals surface area contributed by atoms with E-state index in [9.17, 15) is 19.4 Å². The van der Waals surface area contributed by atoms with Gasteiger partial charge in [-0.15, -0.1) is 9.62 Å². The van der Waals surface area contributed by atoms with Crippen molar-refractivity contribution in [2.75, 3.05) is 24.7 Å². The van der Waals surface area contributed by atoms with Crippen LogP contribution in [0, 0.1) is 0 Å². The number of aromatic amines is 1. The van der Waals surface area contributed by atoms with Gasteiger partial charge >= 0.3 is 19.9 Å². The number of anilines is 2. The molecule has 4 aromatic rings. The Morgan fingerprint density at radius 3 is 2.74 bits per heavy atom. The summed E-state index contributed by atoms with van der Waals surface area (Å²) < 4.78 is 87.2. The van der Waals surface area contributed by atoms with Crippen LogP contribution in [0.4, 0.5) is 24.8 Å². The SMILES string of the molecule is Nc1nc2c(nnn2[C@@H]2O[C@H](CO)[C@H](F)[C@H]2OP(O)(=S)OC[C@H]2O[C@@H](n3ccc4c(N)ccnc43)C(F)(F)[C@@H]2O[P+](=O)S)c(=O)[nH]1. The molecule has 7 N–H and O–H groups in total. The summed E-state index contributed by atoms with van der Waals surface area (Å²) in [5.74, 6) is -4.20. The number of aromatic nitrogens is 7. The van der Waals surface area contributed by atoms with Crippen LogP contribution in [0.5, 0.6) is 0 Å². The van der Waals surface area contributed by atoms with Crippen molar-refractivity contribution in [2.45, 2.75) is 49.0 Å². The van der Waals surface area contributed by atoms with Gasteiger partial charge in [0.1, 0.15) is 36.2 Å². The number of thiol groups is 1. The third-order valence-corrected chi connectivity index (χ3v) is 9.40. The van der Waals surface area contributed by atoms with Crippen molar-refractivity contribution in [3.63, 3.8) is 0 Å². The number of hydrogen-bond donors (Lipinski definition) is 6. The van der Waals surface area contributed by atoms with Gasteiger partial charge < -0.3 is 40.0 Å². The fourth-order valence-electron chi connectivity index (χ4n) is 5.13. The summed E-state index contributed by atoms with van der Waals surface area (Å²) in [7, 11) is -2.89. The third-order valence-electron chi connectivity index (χ3n) is 7.15. The van der Waals surface area contributed by atoms with Gasteiger partial charge in [-0.05, 0) is 28.5 Å². The van der Waals surface area contributed by atoms with Crippen LogP contribution < -0.4 is 17.0 Å². The molecule has 0 aromatic carbocycles. The quantitative estimate of drug-likeness (QED) is 0.0987. The number of nitrogens with one attached hydrogen (secondary N) is 1. The summed E-state index contributed by atoms with van der Waals surface area (Å²) in [6.45, 7) is -6.34. The molecule has 2 aliphatic heterocycles. The number of hydrogen-bond acceptors (Lipinski definition) is 15. The molecule has 2 unspecified atom stereocenters. The summed E-state index contributed by atoms with van der Waals surface area (Å²) in [6.07, 6.45) is -10.6. The summed E-state index contributed by atoms with van der Waals surface area (Å²) in [6, 6.07) is 2.92. The first-order valence-electron chi connectivity index (χ1n) is 13.0. The maximum Gasteiger partial charge on any atom is 0.582 e. The first-order valence-corrected chi connectivity index (χ1v) is 17.9. The first kappa shape index (κ1) is 33.1. The van der Waals surface area contributed by atoms with Crippen molar-refractivity contribution < 1.29 is 50.8 Å². The van der Waals surface area contributed by atoms with E-state index in [1.54, 1.807) is 0 Å². The lowest BCUT2D eigenvalue weighted by molar-refractivity contribution is -0.132. The summed E-state index contributed by atoms with van der Waals surface area (Å²) in [4.78, 5) is 33.3. The minimum atomic E-state index is -4.57. The van der Waals surface area contributed by atoms with E-state index < -0.39 is 81.7 Å². The molecular formula is C21H23F3N9O9P2S2+. The molecule has 18 nitrogen and oxygen atoms in total. The van der Waals surface area contributed by atoms with Gasteiger partial charge in [0.05, 0.1) is 13.2 Å². The molecule has 2 saturated heterocycles. The van der Waals surface area contributed by atoms with Crippen molar-refractivity contribution >= 4 is 71.8 Å². The lowest BCUT2D eigenvalue weighted by Crippen LogP contribution is -2.40. The molecule has 0 spiro atoms. The highest BCUT2D eigenvalue weighted by Crippen LogP contribution is 2.53. The number of aliphatic hydroxyl groups excluding tert-OH is 1. The molecule has 2 aliphatic rings. The van der Waals surface area contributed by atoms with Crippen molar-refractivity contribution in [1.82, 2.24) is 34.5 Å². The number of alkyl halides is 3. The van der Waals surface area contributed by atoms with Crippen LogP contribution in [0.3, 0.4) is 0 Å². The highest BCUT2D eigenvalue weighted by Gasteiger charge is 2.64. The molecule has 0 aliphatic carbocycles. The van der Waals surface area contributed by atoms with E-state index in [2.05, 4.69) is 37.5 Å². The van der Waals surface area contributed by atoms with Gasteiger partial charge in [0.2, 0.25) is 18.3 Å². The zero-order valence-corrected chi connectivity index (χ0v) is 26.2. The number of fused-ring (bicyclic) bond motifs is 2. The molecule has 0 radical (unpaired) electrons. The predicted octanol–water partition coefficient (Wildman–Crippen LogP) is 1.08. The van der Waals surface area contributed by atoms with Crippen LogP contribution in [0.2, 0.25) is 0 Å². The topological polar surface area (TPSA) is 250 Å². The van der Waals surface area contributed by atoms with Crippen LogP contribution in [-0.2, 0) is 39.4 Å². The largest absolute Gasteiger partial charge is 0.582 e. The van der Waals surface area contributed by atoms with Crippen molar-refractivity contribution in [3.8, 4) is 0 Å². The average molecular weight is 729 g/mol. The number of aliphatic hydroxyl groups is 1. The Morgan fingerprint density at radius 1 is 1.26 bits per heavy atom. The second kappa shape index (κ2) is 12.3. The third kappa shape index (κ3) is 5.90. The van der Waals surface area contributed by atoms with Gasteiger partial charge in [-0.3, -0.25) is 14.3 Å². The Balaban J connectivity index is 1.24. The second-order valence-electron chi connectivity index (χ2n) is 10.0. The fraction of sp³-hybridized carbons (Fsp3) is 0.476. The number of nitrogens with zero attached hydrogens (tertiary/aromatic N) is 6. The monoisotopic (exact) mass is 728 g/mol. The minimum absolute atomic E-state index is 0.0504. The van der Waals surface area contributed by atoms with E-state index in [0.717, 1.165) is 9.25 Å². The highest BCUT2D eigenvalue weighted by atomic mass is 32.7. The van der Waals surface area contributed by atoms with Crippen LogP contribution >= 0.6 is 26.2 Å². The molecule has 2 fully saturated rings. The lowest BCUT2D eigenvalue weighted by atomic mass is 10.1. The maximum atomic E-state index is 15.7. The van der Waals surface area contributed by atoms with Gasteiger partial charge in [-0.2, -0.15) is 18.4 Å². The molecule has 46 heavy (non-hydrogen) atoms. The summed E-state index contributed by atoms with van der Waals surface area (Å²) in [5, 5.41) is 17.4. The van der Waals surface area contributed by atoms with E-state index >= 15 is 13.2 Å². The smallest absolute Gasteiger partial charge is 0.398 e. The van der Waals surface area contributed by atoms with Crippen molar-refractivity contribution in [2.24, 2.45) is 0 Å². The molecule has 248 valence electrons. The predicted molar refractivity (Wildman–Crippen MR) is 158 cm³/mol. The molecule has 25 heteroatoms. The van der Waals surface area contributed by atoms with Gasteiger partial charge in [0.25, 0.3) is 5.56 Å². The van der Waals surface area contributed by atoms with Crippen LogP contribution in [0.25, 0.3) is 22.2 Å². The van der Waals surface area contributed by atoms with Crippen LogP contribution in [0.1, 0.15) is 12.5 Å². The Labute approximate surface area is 265 Å². The molecule has 0 saturated carbocycles. The second-order valence-corrected chi connectivity index (χ2v) is 14.5. The van der Waals surface area contributed by atoms with Crippen molar-refractivity contribution in [1.29, 1.82) is 0 Å². The number of halogens is 3. The van der Waals surface area contributed by atoms with Gasteiger partial charge in [0, 0.05) is 23.5 Å². The normalized spacial score (nSPS) is 29.4. The van der Waals surface area contributed by atoms with E-state index in [-0.39, 0.29) is 28.4 Å². The minimum Gasteiger partial charge on any atom is -0.398 e. The Kier molecular flexibility index (Phi) is 8.87. The lowest BCUT2D eigenvalue weighted by Gasteiger charge is -2.25. The molecule has 9 atom stereocenters. The number of ether oxygens (including phenoxy) is 2. The first-order chi connectivity index (χ1) is 21.7. The highest BCUT2D eigenvalue weighted by molar-refractivity contribution is 8.39. The Bertz CT molecular complexity index is 1920. The van der Waals surface area contributed by atoms with E-state index in [1.807, 2.05) is 0 Å². The maximum absolute atomic E-state index is 15.7. The number of pyridine rings is 1. The number of H-pyrrole nitrogens is 1. The molecule has 6 heterocycles. The average Bonchev–Trinajstić information content (AvgIpc) is 3.72. The van der Waals surface area contributed by atoms with Gasteiger partial charge in [-0.25, -0.2) is 9.37 Å². The molecule has 6 rings (SSSR count). The zero-order chi connectivity index (χ0) is 33.1. The number of nitrogens with two attached hydrogens (primary N) is 2. The molecule has 0 bridgehead atoms. The molecule has 4 aromatic heterocycles.